The minimum atomic E-state index is -1.05. The summed E-state index contributed by atoms with van der Waals surface area (Å²) in [5.74, 6) is 0.141. The van der Waals surface area contributed by atoms with Crippen LogP contribution in [0.2, 0.25) is 0 Å². The summed E-state index contributed by atoms with van der Waals surface area (Å²) in [6.45, 7) is 3.15. The average molecular weight is 284 g/mol. The van der Waals surface area contributed by atoms with Crippen LogP contribution in [0.25, 0.3) is 0 Å². The highest BCUT2D eigenvalue weighted by molar-refractivity contribution is 5.74. The maximum absolute atomic E-state index is 11.3. The van der Waals surface area contributed by atoms with E-state index < -0.39 is 17.7 Å². The largest absolute Gasteiger partial charge is 0.478 e. The first kappa shape index (κ1) is 15.7. The molecule has 0 unspecified atom stereocenters. The number of nitrogens with zero attached hydrogens (tertiary/aromatic N) is 1. The lowest BCUT2D eigenvalue weighted by atomic mass is 10.1. The molecule has 1 aromatic rings. The van der Waals surface area contributed by atoms with Gasteiger partial charge >= 0.3 is 5.97 Å². The number of aryl methyl sites for hydroxylation is 2. The Balaban J connectivity index is 2.74. The summed E-state index contributed by atoms with van der Waals surface area (Å²) in [4.78, 5) is 25.3. The van der Waals surface area contributed by atoms with Crippen molar-refractivity contribution in [1.82, 2.24) is 5.32 Å². The van der Waals surface area contributed by atoms with Crippen molar-refractivity contribution < 1.29 is 24.2 Å². The Morgan fingerprint density at radius 2 is 1.90 bits per heavy atom. The molecule has 0 radical (unpaired) electrons. The summed E-state index contributed by atoms with van der Waals surface area (Å²) in [6, 6.07) is 3.36. The second-order valence-electron chi connectivity index (χ2n) is 4.00. The molecule has 0 saturated heterocycles. The van der Waals surface area contributed by atoms with Crippen LogP contribution in [0.3, 0.4) is 0 Å². The van der Waals surface area contributed by atoms with Gasteiger partial charge in [-0.2, -0.15) is 0 Å². The third-order valence-corrected chi connectivity index (χ3v) is 2.36. The van der Waals surface area contributed by atoms with E-state index in [-0.39, 0.29) is 0 Å². The van der Waals surface area contributed by atoms with Crippen molar-refractivity contribution in [2.24, 2.45) is 0 Å². The lowest BCUT2D eigenvalue weighted by Crippen LogP contribution is -2.18. The van der Waals surface area contributed by atoms with Crippen molar-refractivity contribution in [3.05, 3.63) is 33.4 Å². The van der Waals surface area contributed by atoms with Gasteiger partial charge in [-0.15, -0.1) is 10.1 Å². The zero-order valence-electron chi connectivity index (χ0n) is 11.5. The number of rotatable bonds is 7. The zero-order valence-corrected chi connectivity index (χ0v) is 11.5. The van der Waals surface area contributed by atoms with Crippen molar-refractivity contribution in [1.29, 1.82) is 0 Å². The molecule has 0 spiro atoms. The normalized spacial score (nSPS) is 9.95. The third-order valence-electron chi connectivity index (χ3n) is 2.36. The van der Waals surface area contributed by atoms with Crippen LogP contribution in [-0.2, 0) is 9.63 Å². The van der Waals surface area contributed by atoms with Gasteiger partial charge in [-0.1, -0.05) is 0 Å². The molecule has 8 heteroatoms. The maximum Gasteiger partial charge on any atom is 0.337 e. The summed E-state index contributed by atoms with van der Waals surface area (Å²) < 4.78 is 10.4. The molecular formula is C12H16N2O6. The Morgan fingerprint density at radius 3 is 2.50 bits per heavy atom. The smallest absolute Gasteiger partial charge is 0.337 e. The van der Waals surface area contributed by atoms with Gasteiger partial charge in [0.15, 0.2) is 6.61 Å². The van der Waals surface area contributed by atoms with E-state index in [9.17, 15) is 14.9 Å². The maximum atomic E-state index is 11.3. The van der Waals surface area contributed by atoms with E-state index >= 15 is 0 Å². The predicted octanol–water partition coefficient (Wildman–Crippen LogP) is 0.973. The number of esters is 1. The van der Waals surface area contributed by atoms with Crippen molar-refractivity contribution in [3.8, 4) is 11.5 Å². The summed E-state index contributed by atoms with van der Waals surface area (Å²) in [5.41, 5.74) is 1.46. The highest BCUT2D eigenvalue weighted by Gasteiger charge is 2.12. The predicted molar refractivity (Wildman–Crippen MR) is 69.1 cm³/mol. The average Bonchev–Trinajstić information content (AvgIpc) is 2.38. The molecule has 1 aromatic carbocycles. The minimum absolute atomic E-state index is 0.316. The molecule has 0 amide bonds. The Bertz CT molecular complexity index is 503. The lowest BCUT2D eigenvalue weighted by molar-refractivity contribution is -0.754. The summed E-state index contributed by atoms with van der Waals surface area (Å²) in [7, 11) is 1.76. The Labute approximate surface area is 115 Å². The minimum Gasteiger partial charge on any atom is -0.478 e. The number of ether oxygens (including phenoxy) is 2. The molecule has 20 heavy (non-hydrogen) atoms. The molecular weight excluding hydrogens is 268 g/mol. The van der Waals surface area contributed by atoms with Crippen molar-refractivity contribution >= 4 is 5.97 Å². The van der Waals surface area contributed by atoms with Gasteiger partial charge < -0.3 is 14.3 Å². The zero-order chi connectivity index (χ0) is 15.1. The van der Waals surface area contributed by atoms with Gasteiger partial charge in [0.25, 0.3) is 5.09 Å². The molecule has 0 aliphatic carbocycles. The number of hydrogen-bond acceptors (Lipinski definition) is 7. The highest BCUT2D eigenvalue weighted by atomic mass is 17.0. The van der Waals surface area contributed by atoms with Crippen molar-refractivity contribution in [3.63, 3.8) is 0 Å². The fraction of sp³-hybridized carbons (Fsp3) is 0.417. The first-order chi connectivity index (χ1) is 9.43. The monoisotopic (exact) mass is 284 g/mol. The van der Waals surface area contributed by atoms with Gasteiger partial charge in [0.05, 0.1) is 0 Å². The molecule has 0 fully saturated rings. The molecule has 0 aliphatic rings. The quantitative estimate of drug-likeness (QED) is 0.262. The van der Waals surface area contributed by atoms with Crippen LogP contribution in [0.4, 0.5) is 0 Å². The summed E-state index contributed by atoms with van der Waals surface area (Å²) in [5, 5.41) is 11.8. The molecule has 0 aromatic heterocycles. The summed E-state index contributed by atoms with van der Waals surface area (Å²) in [6.07, 6.45) is 0. The van der Waals surface area contributed by atoms with Crippen LogP contribution in [0, 0.1) is 24.0 Å². The van der Waals surface area contributed by atoms with Crippen LogP contribution < -0.4 is 14.8 Å². The molecule has 0 heterocycles. The van der Waals surface area contributed by atoms with Crippen LogP contribution in [0.1, 0.15) is 11.1 Å². The number of hydrogen-bond donors (Lipinski definition) is 1. The Morgan fingerprint density at radius 1 is 1.30 bits per heavy atom. The van der Waals surface area contributed by atoms with E-state index in [0.717, 1.165) is 5.56 Å². The molecule has 0 saturated carbocycles. The van der Waals surface area contributed by atoms with E-state index in [2.05, 4.69) is 10.2 Å². The van der Waals surface area contributed by atoms with Crippen LogP contribution >= 0.6 is 0 Å². The van der Waals surface area contributed by atoms with E-state index in [1.165, 1.54) is 0 Å². The van der Waals surface area contributed by atoms with Gasteiger partial charge in [0.1, 0.15) is 18.2 Å². The molecule has 110 valence electrons. The van der Waals surface area contributed by atoms with E-state index in [0.29, 0.717) is 23.8 Å². The topological polar surface area (TPSA) is 99.9 Å². The second-order valence-corrected chi connectivity index (χ2v) is 4.00. The first-order valence-electron chi connectivity index (χ1n) is 5.80. The van der Waals surface area contributed by atoms with Crippen molar-refractivity contribution in [2.45, 2.75) is 13.8 Å². The molecule has 0 aliphatic heterocycles. The molecule has 0 atom stereocenters. The molecule has 1 rings (SSSR count). The number of carbonyl (C=O) groups excluding carboxylic acids is 1. The SMILES string of the molecule is CNCOc1cc(C)c(OC(=O)CO[N+](=O)[O-])cc1C. The molecule has 1 N–H and O–H groups in total. The van der Waals surface area contributed by atoms with Crippen LogP contribution in [0.5, 0.6) is 11.5 Å². The van der Waals surface area contributed by atoms with E-state index in [1.54, 1.807) is 33.0 Å². The van der Waals surface area contributed by atoms with Crippen molar-refractivity contribution in [2.75, 3.05) is 20.4 Å². The van der Waals surface area contributed by atoms with Gasteiger partial charge in [-0.05, 0) is 44.2 Å². The van der Waals surface area contributed by atoms with E-state index in [1.807, 2.05) is 0 Å². The van der Waals surface area contributed by atoms with Gasteiger partial charge in [-0.3, -0.25) is 5.32 Å². The number of nitrogens with one attached hydrogen (secondary N) is 1. The highest BCUT2D eigenvalue weighted by Crippen LogP contribution is 2.27. The number of carbonyl (C=O) groups is 1. The fourth-order valence-electron chi connectivity index (χ4n) is 1.44. The van der Waals surface area contributed by atoms with Gasteiger partial charge in [0, 0.05) is 0 Å². The van der Waals surface area contributed by atoms with Gasteiger partial charge in [0.2, 0.25) is 0 Å². The van der Waals surface area contributed by atoms with Gasteiger partial charge in [-0.25, -0.2) is 4.79 Å². The Hall–Kier alpha value is -2.35. The number of benzene rings is 1. The third kappa shape index (κ3) is 4.73. The fourth-order valence-corrected chi connectivity index (χ4v) is 1.44. The standard InChI is InChI=1S/C12H16N2O6/c1-8-5-11(20-12(15)6-19-14(16)17)9(2)4-10(8)18-7-13-3/h4-5,13H,6-7H2,1-3H3. The van der Waals surface area contributed by atoms with E-state index in [4.69, 9.17) is 9.47 Å². The first-order valence-corrected chi connectivity index (χ1v) is 5.80. The molecule has 8 nitrogen and oxygen atoms in total. The second kappa shape index (κ2) is 7.29. The van der Waals surface area contributed by atoms with Crippen LogP contribution in [-0.4, -0.2) is 31.4 Å². The molecule has 0 bridgehead atoms. The lowest BCUT2D eigenvalue weighted by Gasteiger charge is -2.13. The Kier molecular flexibility index (Phi) is 5.73. The summed E-state index contributed by atoms with van der Waals surface area (Å²) >= 11 is 0. The van der Waals surface area contributed by atoms with Crippen LogP contribution in [0.15, 0.2) is 12.1 Å².